The summed E-state index contributed by atoms with van der Waals surface area (Å²) < 4.78 is 2.92. The maximum atomic E-state index is 11.5. The van der Waals surface area contributed by atoms with Crippen LogP contribution < -0.4 is 0 Å². The molecule has 148 valence electrons. The van der Waals surface area contributed by atoms with Gasteiger partial charge in [-0.2, -0.15) is 0 Å². The number of unbranched alkanes of at least 4 members (excludes halogenated alkanes) is 9. The summed E-state index contributed by atoms with van der Waals surface area (Å²) in [6.07, 6.45) is 14.9. The molecule has 2 atom stereocenters. The molecule has 0 rings (SSSR count). The van der Waals surface area contributed by atoms with Crippen LogP contribution in [0.3, 0.4) is 0 Å². The molecule has 0 saturated carbocycles. The molecule has 0 saturated heterocycles. The van der Waals surface area contributed by atoms with Crippen LogP contribution in [0.4, 0.5) is 0 Å². The standard InChI is InChI=1S/C19H33Cl3O3/c1-3-5-6-7-8-9-10-11-12-13-14-15-16(23)17(4-2)25-18(24)19(20,21)22/h14-17,23H,3-13H2,1-2H3/b15-14+. The topological polar surface area (TPSA) is 46.5 Å². The van der Waals surface area contributed by atoms with Crippen LogP contribution in [0.15, 0.2) is 12.2 Å². The Morgan fingerprint density at radius 3 is 2.00 bits per heavy atom. The van der Waals surface area contributed by atoms with Crippen LogP contribution in [0.1, 0.15) is 84.5 Å². The highest BCUT2D eigenvalue weighted by Crippen LogP contribution is 2.28. The van der Waals surface area contributed by atoms with E-state index in [-0.39, 0.29) is 0 Å². The van der Waals surface area contributed by atoms with Gasteiger partial charge in [-0.15, -0.1) is 0 Å². The zero-order valence-electron chi connectivity index (χ0n) is 15.5. The van der Waals surface area contributed by atoms with Crippen molar-refractivity contribution < 1.29 is 14.6 Å². The van der Waals surface area contributed by atoms with Crippen molar-refractivity contribution in [3.05, 3.63) is 12.2 Å². The molecule has 0 spiro atoms. The number of hydrogen-bond acceptors (Lipinski definition) is 3. The number of esters is 1. The van der Waals surface area contributed by atoms with E-state index in [1.165, 1.54) is 51.4 Å². The number of aliphatic hydroxyl groups is 1. The van der Waals surface area contributed by atoms with Gasteiger partial charge in [0.1, 0.15) is 12.2 Å². The first-order valence-electron chi connectivity index (χ1n) is 9.45. The molecular formula is C19H33Cl3O3. The SMILES string of the molecule is CCCCCCCCCCC/C=C/C(O)C(CC)OC(=O)C(Cl)(Cl)Cl. The minimum absolute atomic E-state index is 0.441. The third-order valence-corrected chi connectivity index (χ3v) is 4.54. The molecule has 3 nitrogen and oxygen atoms in total. The molecule has 0 aliphatic carbocycles. The highest BCUT2D eigenvalue weighted by molar-refractivity contribution is 6.75. The number of rotatable bonds is 14. The third-order valence-electron chi connectivity index (χ3n) is 4.08. The fourth-order valence-corrected chi connectivity index (χ4v) is 2.66. The Balaban J connectivity index is 3.83. The van der Waals surface area contributed by atoms with Crippen molar-refractivity contribution in [2.45, 2.75) is 100 Å². The third kappa shape index (κ3) is 13.8. The fourth-order valence-electron chi connectivity index (χ4n) is 2.53. The molecule has 0 heterocycles. The summed E-state index contributed by atoms with van der Waals surface area (Å²) in [6.45, 7) is 4.03. The van der Waals surface area contributed by atoms with Gasteiger partial charge >= 0.3 is 5.97 Å². The van der Waals surface area contributed by atoms with Gasteiger partial charge in [-0.3, -0.25) is 0 Å². The Kier molecular flexibility index (Phi) is 15.2. The van der Waals surface area contributed by atoms with E-state index in [1.807, 2.05) is 6.08 Å². The monoisotopic (exact) mass is 414 g/mol. The summed E-state index contributed by atoms with van der Waals surface area (Å²) in [6, 6.07) is 0. The Morgan fingerprint density at radius 2 is 1.52 bits per heavy atom. The van der Waals surface area contributed by atoms with Crippen molar-refractivity contribution >= 4 is 40.8 Å². The average Bonchev–Trinajstić information content (AvgIpc) is 2.56. The molecule has 0 aromatic rings. The molecule has 0 bridgehead atoms. The predicted octanol–water partition coefficient (Wildman–Crippen LogP) is 6.52. The van der Waals surface area contributed by atoms with E-state index in [0.717, 1.165) is 12.8 Å². The number of carbonyl (C=O) groups is 1. The quantitative estimate of drug-likeness (QED) is 0.152. The second kappa shape index (κ2) is 15.1. The lowest BCUT2D eigenvalue weighted by Gasteiger charge is -2.21. The van der Waals surface area contributed by atoms with Crippen LogP contribution in [0, 0.1) is 0 Å². The molecule has 0 fully saturated rings. The van der Waals surface area contributed by atoms with Crippen LogP contribution in [0.5, 0.6) is 0 Å². The smallest absolute Gasteiger partial charge is 0.358 e. The average molecular weight is 416 g/mol. The van der Waals surface area contributed by atoms with Crippen molar-refractivity contribution in [1.29, 1.82) is 0 Å². The summed E-state index contributed by atoms with van der Waals surface area (Å²) in [5, 5.41) is 10.1. The number of ether oxygens (including phenoxy) is 1. The molecule has 0 aromatic carbocycles. The minimum Gasteiger partial charge on any atom is -0.456 e. The van der Waals surface area contributed by atoms with Gasteiger partial charge in [0.2, 0.25) is 0 Å². The summed E-state index contributed by atoms with van der Waals surface area (Å²) in [5.41, 5.74) is 0. The Hall–Kier alpha value is 0.0400. The molecule has 25 heavy (non-hydrogen) atoms. The van der Waals surface area contributed by atoms with Crippen molar-refractivity contribution in [1.82, 2.24) is 0 Å². The van der Waals surface area contributed by atoms with Crippen LogP contribution in [0.25, 0.3) is 0 Å². The molecular weight excluding hydrogens is 383 g/mol. The Labute approximate surface area is 168 Å². The zero-order valence-corrected chi connectivity index (χ0v) is 17.8. The van der Waals surface area contributed by atoms with Crippen molar-refractivity contribution in [2.75, 3.05) is 0 Å². The largest absolute Gasteiger partial charge is 0.456 e. The van der Waals surface area contributed by atoms with E-state index in [2.05, 4.69) is 6.92 Å². The van der Waals surface area contributed by atoms with Gasteiger partial charge in [0.25, 0.3) is 3.79 Å². The molecule has 0 aliphatic heterocycles. The second-order valence-electron chi connectivity index (χ2n) is 6.39. The number of allylic oxidation sites excluding steroid dienone is 1. The summed E-state index contributed by atoms with van der Waals surface area (Å²) in [7, 11) is 0. The first-order chi connectivity index (χ1) is 11.8. The van der Waals surface area contributed by atoms with Crippen LogP contribution in [-0.2, 0) is 9.53 Å². The summed E-state index contributed by atoms with van der Waals surface area (Å²) >= 11 is 16.4. The van der Waals surface area contributed by atoms with Gasteiger partial charge in [-0.25, -0.2) is 4.79 Å². The Bertz CT molecular complexity index is 367. The van der Waals surface area contributed by atoms with E-state index in [9.17, 15) is 9.90 Å². The summed E-state index contributed by atoms with van der Waals surface area (Å²) in [5.74, 6) is -0.962. The van der Waals surface area contributed by atoms with Crippen molar-refractivity contribution in [2.24, 2.45) is 0 Å². The van der Waals surface area contributed by atoms with Gasteiger partial charge in [0, 0.05) is 0 Å². The number of hydrogen-bond donors (Lipinski definition) is 1. The zero-order chi connectivity index (χ0) is 19.1. The Morgan fingerprint density at radius 1 is 1.00 bits per heavy atom. The first kappa shape index (κ1) is 25.0. The lowest BCUT2D eigenvalue weighted by Crippen LogP contribution is -2.34. The molecule has 2 unspecified atom stereocenters. The van der Waals surface area contributed by atoms with Crippen LogP contribution in [-0.4, -0.2) is 27.1 Å². The van der Waals surface area contributed by atoms with Gasteiger partial charge in [0.05, 0.1) is 0 Å². The number of alkyl halides is 3. The predicted molar refractivity (Wildman–Crippen MR) is 107 cm³/mol. The molecule has 0 radical (unpaired) electrons. The molecule has 0 amide bonds. The van der Waals surface area contributed by atoms with E-state index in [1.54, 1.807) is 13.0 Å². The van der Waals surface area contributed by atoms with E-state index < -0.39 is 22.0 Å². The molecule has 6 heteroatoms. The van der Waals surface area contributed by atoms with Crippen LogP contribution in [0.2, 0.25) is 0 Å². The highest BCUT2D eigenvalue weighted by atomic mass is 35.6. The van der Waals surface area contributed by atoms with Gasteiger partial charge in [-0.1, -0.05) is 112 Å². The molecule has 0 aliphatic rings. The van der Waals surface area contributed by atoms with Gasteiger partial charge in [-0.05, 0) is 19.3 Å². The molecule has 0 aromatic heterocycles. The number of halogens is 3. The van der Waals surface area contributed by atoms with E-state index in [0.29, 0.717) is 6.42 Å². The first-order valence-corrected chi connectivity index (χ1v) is 10.6. The number of carbonyl (C=O) groups excluding carboxylic acids is 1. The maximum Gasteiger partial charge on any atom is 0.358 e. The summed E-state index contributed by atoms with van der Waals surface area (Å²) in [4.78, 5) is 11.5. The van der Waals surface area contributed by atoms with E-state index in [4.69, 9.17) is 39.5 Å². The normalized spacial score (nSPS) is 14.6. The highest BCUT2D eigenvalue weighted by Gasteiger charge is 2.35. The van der Waals surface area contributed by atoms with Gasteiger partial charge in [0.15, 0.2) is 0 Å². The lowest BCUT2D eigenvalue weighted by atomic mass is 10.1. The maximum absolute atomic E-state index is 11.5. The molecule has 1 N–H and O–H groups in total. The minimum atomic E-state index is -2.12. The van der Waals surface area contributed by atoms with Gasteiger partial charge < -0.3 is 9.84 Å². The van der Waals surface area contributed by atoms with Crippen molar-refractivity contribution in [3.63, 3.8) is 0 Å². The van der Waals surface area contributed by atoms with Crippen LogP contribution >= 0.6 is 34.8 Å². The van der Waals surface area contributed by atoms with Crippen molar-refractivity contribution in [3.8, 4) is 0 Å². The fraction of sp³-hybridized carbons (Fsp3) is 0.842. The van der Waals surface area contributed by atoms with E-state index >= 15 is 0 Å². The second-order valence-corrected chi connectivity index (χ2v) is 8.67. The number of aliphatic hydroxyl groups excluding tert-OH is 1. The lowest BCUT2D eigenvalue weighted by molar-refractivity contribution is -0.152.